The zero-order valence-electron chi connectivity index (χ0n) is 11.4. The molecule has 0 unspecified atom stereocenters. The monoisotopic (exact) mass is 292 g/mol. The van der Waals surface area contributed by atoms with E-state index in [1.165, 1.54) is 19.3 Å². The van der Waals surface area contributed by atoms with Crippen LogP contribution in [0.4, 0.5) is 5.95 Å². The zero-order valence-corrected chi connectivity index (χ0v) is 12.2. The van der Waals surface area contributed by atoms with Crippen molar-refractivity contribution in [2.75, 3.05) is 18.0 Å². The topological polar surface area (TPSA) is 59.7 Å². The summed E-state index contributed by atoms with van der Waals surface area (Å²) in [6.07, 6.45) is 7.07. The minimum absolute atomic E-state index is 0.207. The van der Waals surface area contributed by atoms with Gasteiger partial charge in [-0.05, 0) is 36.4 Å². The second-order valence-corrected chi connectivity index (χ2v) is 5.33. The van der Waals surface area contributed by atoms with Gasteiger partial charge in [0.15, 0.2) is 0 Å². The molecule has 2 aromatic rings. The number of halogens is 1. The van der Waals surface area contributed by atoms with Crippen molar-refractivity contribution < 1.29 is 0 Å². The van der Waals surface area contributed by atoms with Crippen LogP contribution in [-0.4, -0.2) is 37.8 Å². The Bertz CT molecular complexity index is 562. The van der Waals surface area contributed by atoms with Crippen molar-refractivity contribution in [2.24, 2.45) is 5.92 Å². The van der Waals surface area contributed by atoms with Crippen LogP contribution in [0.15, 0.2) is 18.5 Å². The lowest BCUT2D eigenvalue weighted by Gasteiger charge is -2.31. The summed E-state index contributed by atoms with van der Waals surface area (Å²) >= 11 is 6.01. The van der Waals surface area contributed by atoms with Crippen molar-refractivity contribution in [1.29, 1.82) is 0 Å². The standard InChI is InChI=1S/C13H17ClN6/c1-2-10-4-8-19(9-5-10)12-16-11(14)17-13(18-12)20-7-3-6-15-20/h3,6-7,10H,2,4-5,8-9H2,1H3. The normalized spacial score (nSPS) is 16.6. The van der Waals surface area contributed by atoms with E-state index in [0.717, 1.165) is 19.0 Å². The van der Waals surface area contributed by atoms with Gasteiger partial charge in [0, 0.05) is 25.5 Å². The summed E-state index contributed by atoms with van der Waals surface area (Å²) < 4.78 is 1.59. The molecular formula is C13H17ClN6. The highest BCUT2D eigenvalue weighted by Crippen LogP contribution is 2.23. The fourth-order valence-corrected chi connectivity index (χ4v) is 2.65. The quantitative estimate of drug-likeness (QED) is 0.869. The third-order valence-corrected chi connectivity index (χ3v) is 3.94. The van der Waals surface area contributed by atoms with Gasteiger partial charge in [0.05, 0.1) is 0 Å². The summed E-state index contributed by atoms with van der Waals surface area (Å²) in [5.41, 5.74) is 0. The Morgan fingerprint density at radius 2 is 1.95 bits per heavy atom. The number of hydrogen-bond donors (Lipinski definition) is 0. The minimum Gasteiger partial charge on any atom is -0.341 e. The first-order valence-corrected chi connectivity index (χ1v) is 7.30. The Balaban J connectivity index is 1.83. The molecule has 2 aromatic heterocycles. The summed E-state index contributed by atoms with van der Waals surface area (Å²) in [4.78, 5) is 15.0. The minimum atomic E-state index is 0.207. The lowest BCUT2D eigenvalue weighted by molar-refractivity contribution is 0.392. The number of rotatable bonds is 3. The summed E-state index contributed by atoms with van der Waals surface area (Å²) in [5, 5.41) is 4.33. The molecule has 0 saturated carbocycles. The SMILES string of the molecule is CCC1CCN(c2nc(Cl)nc(-n3cccn3)n2)CC1. The van der Waals surface area contributed by atoms with E-state index < -0.39 is 0 Å². The van der Waals surface area contributed by atoms with Gasteiger partial charge in [-0.15, -0.1) is 0 Å². The number of piperidine rings is 1. The average molecular weight is 293 g/mol. The molecule has 1 aliphatic rings. The third kappa shape index (κ3) is 2.75. The van der Waals surface area contributed by atoms with Crippen molar-refractivity contribution in [3.63, 3.8) is 0 Å². The van der Waals surface area contributed by atoms with Gasteiger partial charge in [0.1, 0.15) is 0 Å². The van der Waals surface area contributed by atoms with Crippen molar-refractivity contribution in [1.82, 2.24) is 24.7 Å². The van der Waals surface area contributed by atoms with E-state index in [1.807, 2.05) is 6.07 Å². The molecule has 7 heteroatoms. The lowest BCUT2D eigenvalue weighted by Crippen LogP contribution is -2.35. The summed E-state index contributed by atoms with van der Waals surface area (Å²) in [7, 11) is 0. The smallest absolute Gasteiger partial charge is 0.256 e. The zero-order chi connectivity index (χ0) is 13.9. The van der Waals surface area contributed by atoms with Gasteiger partial charge in [0.2, 0.25) is 11.2 Å². The number of aromatic nitrogens is 5. The van der Waals surface area contributed by atoms with E-state index in [9.17, 15) is 0 Å². The van der Waals surface area contributed by atoms with E-state index in [4.69, 9.17) is 11.6 Å². The number of hydrogen-bond acceptors (Lipinski definition) is 5. The molecule has 20 heavy (non-hydrogen) atoms. The van der Waals surface area contributed by atoms with E-state index >= 15 is 0 Å². The van der Waals surface area contributed by atoms with E-state index in [2.05, 4.69) is 31.9 Å². The van der Waals surface area contributed by atoms with Gasteiger partial charge in [-0.2, -0.15) is 20.1 Å². The van der Waals surface area contributed by atoms with E-state index in [0.29, 0.717) is 11.9 Å². The van der Waals surface area contributed by atoms with Crippen LogP contribution in [0.25, 0.3) is 5.95 Å². The maximum absolute atomic E-state index is 6.01. The van der Waals surface area contributed by atoms with Gasteiger partial charge in [-0.1, -0.05) is 13.3 Å². The van der Waals surface area contributed by atoms with Gasteiger partial charge in [0.25, 0.3) is 5.95 Å². The van der Waals surface area contributed by atoms with Crippen molar-refractivity contribution in [3.8, 4) is 5.95 Å². The highest BCUT2D eigenvalue weighted by atomic mass is 35.5. The Kier molecular flexibility index (Phi) is 3.82. The van der Waals surface area contributed by atoms with Gasteiger partial charge in [-0.3, -0.25) is 0 Å². The van der Waals surface area contributed by atoms with Crippen LogP contribution in [0.5, 0.6) is 0 Å². The molecule has 3 rings (SSSR count). The van der Waals surface area contributed by atoms with Gasteiger partial charge in [-0.25, -0.2) is 4.68 Å². The second-order valence-electron chi connectivity index (χ2n) is 4.99. The molecule has 1 aliphatic heterocycles. The first-order chi connectivity index (χ1) is 9.76. The van der Waals surface area contributed by atoms with Crippen molar-refractivity contribution in [2.45, 2.75) is 26.2 Å². The highest BCUT2D eigenvalue weighted by Gasteiger charge is 2.21. The molecule has 1 saturated heterocycles. The fourth-order valence-electron chi connectivity index (χ4n) is 2.50. The predicted octanol–water partition coefficient (Wildman–Crippen LogP) is 2.34. The van der Waals surface area contributed by atoms with Crippen LogP contribution in [0.1, 0.15) is 26.2 Å². The van der Waals surface area contributed by atoms with Crippen molar-refractivity contribution in [3.05, 3.63) is 23.7 Å². The molecule has 0 aromatic carbocycles. The number of nitrogens with zero attached hydrogens (tertiary/aromatic N) is 6. The Morgan fingerprint density at radius 3 is 2.60 bits per heavy atom. The lowest BCUT2D eigenvalue weighted by atomic mass is 9.95. The average Bonchev–Trinajstić information content (AvgIpc) is 3.01. The first-order valence-electron chi connectivity index (χ1n) is 6.93. The van der Waals surface area contributed by atoms with Crippen LogP contribution >= 0.6 is 11.6 Å². The largest absolute Gasteiger partial charge is 0.341 e. The third-order valence-electron chi connectivity index (χ3n) is 3.77. The van der Waals surface area contributed by atoms with Crippen LogP contribution in [0.3, 0.4) is 0 Å². The van der Waals surface area contributed by atoms with Gasteiger partial charge >= 0.3 is 0 Å². The summed E-state index contributed by atoms with van der Waals surface area (Å²) in [6.45, 7) is 4.19. The van der Waals surface area contributed by atoms with E-state index in [-0.39, 0.29) is 5.28 Å². The molecule has 0 bridgehead atoms. The Labute approximate surface area is 122 Å². The fraction of sp³-hybridized carbons (Fsp3) is 0.538. The molecule has 0 atom stereocenters. The molecule has 0 spiro atoms. The predicted molar refractivity (Wildman–Crippen MR) is 77.2 cm³/mol. The molecule has 0 aliphatic carbocycles. The van der Waals surface area contributed by atoms with Crippen LogP contribution < -0.4 is 4.90 Å². The maximum atomic E-state index is 6.01. The molecule has 0 amide bonds. The molecule has 3 heterocycles. The second kappa shape index (κ2) is 5.75. The molecule has 0 N–H and O–H groups in total. The van der Waals surface area contributed by atoms with Gasteiger partial charge < -0.3 is 4.90 Å². The molecule has 0 radical (unpaired) electrons. The summed E-state index contributed by atoms with van der Waals surface area (Å²) in [6, 6.07) is 1.82. The molecule has 6 nitrogen and oxygen atoms in total. The molecular weight excluding hydrogens is 276 g/mol. The van der Waals surface area contributed by atoms with Crippen molar-refractivity contribution >= 4 is 17.5 Å². The number of anilines is 1. The van der Waals surface area contributed by atoms with Crippen LogP contribution in [0.2, 0.25) is 5.28 Å². The first kappa shape index (κ1) is 13.3. The molecule has 1 fully saturated rings. The maximum Gasteiger partial charge on any atom is 0.256 e. The Morgan fingerprint density at radius 1 is 1.20 bits per heavy atom. The Hall–Kier alpha value is -1.69. The highest BCUT2D eigenvalue weighted by molar-refractivity contribution is 6.28. The van der Waals surface area contributed by atoms with Crippen LogP contribution in [0, 0.1) is 5.92 Å². The summed E-state index contributed by atoms with van der Waals surface area (Å²) in [5.74, 6) is 1.92. The van der Waals surface area contributed by atoms with Crippen LogP contribution in [-0.2, 0) is 0 Å². The van der Waals surface area contributed by atoms with E-state index in [1.54, 1.807) is 17.1 Å². The molecule has 106 valence electrons.